The van der Waals surface area contributed by atoms with E-state index < -0.39 is 0 Å². The molecule has 0 aliphatic rings. The van der Waals surface area contributed by atoms with Gasteiger partial charge in [0.2, 0.25) is 5.28 Å². The van der Waals surface area contributed by atoms with E-state index in [0.29, 0.717) is 16.9 Å². The molecule has 108 valence electrons. The van der Waals surface area contributed by atoms with Crippen LogP contribution in [-0.2, 0) is 12.0 Å². The molecule has 2 rings (SSSR count). The summed E-state index contributed by atoms with van der Waals surface area (Å²) >= 11 is 12.4. The van der Waals surface area contributed by atoms with Gasteiger partial charge in [0.15, 0.2) is 0 Å². The quantitative estimate of drug-likeness (QED) is 0.861. The van der Waals surface area contributed by atoms with E-state index in [1.807, 2.05) is 22.8 Å². The molecule has 20 heavy (non-hydrogen) atoms. The van der Waals surface area contributed by atoms with Crippen molar-refractivity contribution in [3.05, 3.63) is 39.9 Å². The van der Waals surface area contributed by atoms with Crippen LogP contribution in [0.4, 0.5) is 0 Å². The van der Waals surface area contributed by atoms with Crippen LogP contribution in [-0.4, -0.2) is 21.9 Å². The van der Waals surface area contributed by atoms with Crippen molar-refractivity contribution in [2.24, 2.45) is 0 Å². The number of aromatic nitrogens is 3. The standard InChI is InChI=1S/C14H17Cl2N3O/c1-14(2,3)12-17-18-13(16)19(12)8-9-10(15)6-5-7-11(9)20-4/h5-7H,8H2,1-4H3. The zero-order valence-corrected chi connectivity index (χ0v) is 13.5. The molecule has 2 aromatic rings. The van der Waals surface area contributed by atoms with Gasteiger partial charge in [0.25, 0.3) is 0 Å². The van der Waals surface area contributed by atoms with Crippen molar-refractivity contribution < 1.29 is 4.74 Å². The maximum Gasteiger partial charge on any atom is 0.225 e. The molecule has 0 radical (unpaired) electrons. The first-order valence-electron chi connectivity index (χ1n) is 6.25. The Kier molecular flexibility index (Phi) is 4.25. The van der Waals surface area contributed by atoms with Crippen molar-refractivity contribution in [3.8, 4) is 5.75 Å². The van der Waals surface area contributed by atoms with E-state index in [1.54, 1.807) is 7.11 Å². The molecule has 1 heterocycles. The average molecular weight is 314 g/mol. The van der Waals surface area contributed by atoms with Crippen LogP contribution in [0.25, 0.3) is 0 Å². The van der Waals surface area contributed by atoms with Crippen molar-refractivity contribution in [1.29, 1.82) is 0 Å². The van der Waals surface area contributed by atoms with Gasteiger partial charge in [0.1, 0.15) is 11.6 Å². The maximum atomic E-state index is 6.27. The Hall–Kier alpha value is -1.26. The first kappa shape index (κ1) is 15.1. The minimum atomic E-state index is -0.158. The Bertz CT molecular complexity index is 617. The summed E-state index contributed by atoms with van der Waals surface area (Å²) in [5.74, 6) is 1.53. The fourth-order valence-electron chi connectivity index (χ4n) is 2.02. The van der Waals surface area contributed by atoms with E-state index in [-0.39, 0.29) is 5.41 Å². The molecule has 4 nitrogen and oxygen atoms in total. The maximum absolute atomic E-state index is 6.27. The second-order valence-electron chi connectivity index (χ2n) is 5.55. The van der Waals surface area contributed by atoms with Crippen LogP contribution in [0.5, 0.6) is 5.75 Å². The molecule has 1 aromatic heterocycles. The van der Waals surface area contributed by atoms with Crippen LogP contribution in [0, 0.1) is 0 Å². The van der Waals surface area contributed by atoms with E-state index in [1.165, 1.54) is 0 Å². The monoisotopic (exact) mass is 313 g/mol. The molecule has 0 fully saturated rings. The number of methoxy groups -OCH3 is 1. The van der Waals surface area contributed by atoms with Gasteiger partial charge < -0.3 is 4.74 Å². The van der Waals surface area contributed by atoms with E-state index in [4.69, 9.17) is 27.9 Å². The van der Waals surface area contributed by atoms with Crippen molar-refractivity contribution >= 4 is 23.2 Å². The molecule has 0 spiro atoms. The Morgan fingerprint density at radius 1 is 1.20 bits per heavy atom. The average Bonchev–Trinajstić information content (AvgIpc) is 2.73. The number of rotatable bonds is 3. The molecule has 0 bridgehead atoms. The van der Waals surface area contributed by atoms with Crippen LogP contribution in [0.3, 0.4) is 0 Å². The van der Waals surface area contributed by atoms with Crippen molar-refractivity contribution in [1.82, 2.24) is 14.8 Å². The third kappa shape index (κ3) is 2.91. The SMILES string of the molecule is COc1cccc(Cl)c1Cn1c(Cl)nnc1C(C)(C)C. The molecule has 0 aliphatic heterocycles. The second kappa shape index (κ2) is 5.62. The van der Waals surface area contributed by atoms with Crippen molar-refractivity contribution in [2.75, 3.05) is 7.11 Å². The number of ether oxygens (including phenoxy) is 1. The molecule has 0 saturated heterocycles. The predicted octanol–water partition coefficient (Wildman–Crippen LogP) is 3.94. The molecular formula is C14H17Cl2N3O. The van der Waals surface area contributed by atoms with Crippen LogP contribution in [0.2, 0.25) is 10.3 Å². The van der Waals surface area contributed by atoms with Crippen molar-refractivity contribution in [3.63, 3.8) is 0 Å². The van der Waals surface area contributed by atoms with Gasteiger partial charge in [-0.2, -0.15) is 0 Å². The summed E-state index contributed by atoms with van der Waals surface area (Å²) in [5.41, 5.74) is 0.707. The van der Waals surface area contributed by atoms with Crippen LogP contribution in [0.1, 0.15) is 32.2 Å². The molecule has 6 heteroatoms. The summed E-state index contributed by atoms with van der Waals surface area (Å²) in [6, 6.07) is 5.55. The zero-order valence-electron chi connectivity index (χ0n) is 11.9. The van der Waals surface area contributed by atoms with Gasteiger partial charge in [0, 0.05) is 16.0 Å². The minimum absolute atomic E-state index is 0.158. The lowest BCUT2D eigenvalue weighted by atomic mass is 9.95. The molecule has 0 saturated carbocycles. The largest absolute Gasteiger partial charge is 0.496 e. The minimum Gasteiger partial charge on any atom is -0.496 e. The number of halogens is 2. The molecular weight excluding hydrogens is 297 g/mol. The lowest BCUT2D eigenvalue weighted by molar-refractivity contribution is 0.407. The highest BCUT2D eigenvalue weighted by molar-refractivity contribution is 6.31. The fourth-order valence-corrected chi connectivity index (χ4v) is 2.42. The zero-order chi connectivity index (χ0) is 14.9. The summed E-state index contributed by atoms with van der Waals surface area (Å²) in [5, 5.41) is 9.10. The molecule has 0 N–H and O–H groups in total. The number of nitrogens with zero attached hydrogens (tertiary/aromatic N) is 3. The molecule has 0 amide bonds. The highest BCUT2D eigenvalue weighted by Crippen LogP contribution is 2.30. The summed E-state index contributed by atoms with van der Waals surface area (Å²) in [6.45, 7) is 6.66. The Morgan fingerprint density at radius 2 is 1.90 bits per heavy atom. The molecule has 0 unspecified atom stereocenters. The first-order valence-corrected chi connectivity index (χ1v) is 7.00. The van der Waals surface area contributed by atoms with E-state index in [9.17, 15) is 0 Å². The highest BCUT2D eigenvalue weighted by Gasteiger charge is 2.24. The lowest BCUT2D eigenvalue weighted by Gasteiger charge is -2.20. The summed E-state index contributed by atoms with van der Waals surface area (Å²) in [7, 11) is 1.62. The molecule has 1 aromatic carbocycles. The van der Waals surface area contributed by atoms with Crippen LogP contribution < -0.4 is 4.74 Å². The number of hydrogen-bond acceptors (Lipinski definition) is 3. The lowest BCUT2D eigenvalue weighted by Crippen LogP contribution is -2.20. The summed E-state index contributed by atoms with van der Waals surface area (Å²) in [4.78, 5) is 0. The number of hydrogen-bond donors (Lipinski definition) is 0. The van der Waals surface area contributed by atoms with Crippen LogP contribution in [0.15, 0.2) is 18.2 Å². The molecule has 0 aliphatic carbocycles. The Balaban J connectivity index is 2.48. The topological polar surface area (TPSA) is 39.9 Å². The van der Waals surface area contributed by atoms with Gasteiger partial charge in [-0.25, -0.2) is 0 Å². The van der Waals surface area contributed by atoms with Gasteiger partial charge in [-0.1, -0.05) is 38.4 Å². The normalized spacial score (nSPS) is 11.7. The Morgan fingerprint density at radius 3 is 2.50 bits per heavy atom. The van der Waals surface area contributed by atoms with E-state index in [0.717, 1.165) is 17.1 Å². The van der Waals surface area contributed by atoms with E-state index >= 15 is 0 Å². The fraction of sp³-hybridized carbons (Fsp3) is 0.429. The van der Waals surface area contributed by atoms with Gasteiger partial charge in [-0.3, -0.25) is 4.57 Å². The number of benzene rings is 1. The molecule has 0 atom stereocenters. The van der Waals surface area contributed by atoms with Gasteiger partial charge in [0.05, 0.1) is 13.7 Å². The smallest absolute Gasteiger partial charge is 0.225 e. The third-order valence-corrected chi connectivity index (χ3v) is 3.62. The van der Waals surface area contributed by atoms with Gasteiger partial charge in [-0.05, 0) is 23.7 Å². The van der Waals surface area contributed by atoms with Crippen LogP contribution >= 0.6 is 23.2 Å². The summed E-state index contributed by atoms with van der Waals surface area (Å²) < 4.78 is 7.21. The third-order valence-electron chi connectivity index (χ3n) is 2.99. The second-order valence-corrected chi connectivity index (χ2v) is 6.29. The van der Waals surface area contributed by atoms with Gasteiger partial charge in [-0.15, -0.1) is 10.2 Å². The first-order chi connectivity index (χ1) is 9.34. The van der Waals surface area contributed by atoms with Gasteiger partial charge >= 0.3 is 0 Å². The summed E-state index contributed by atoms with van der Waals surface area (Å²) in [6.07, 6.45) is 0. The highest BCUT2D eigenvalue weighted by atomic mass is 35.5. The van der Waals surface area contributed by atoms with Crippen molar-refractivity contribution in [2.45, 2.75) is 32.7 Å². The predicted molar refractivity (Wildman–Crippen MR) is 80.8 cm³/mol. The Labute approximate surface area is 128 Å². The van der Waals surface area contributed by atoms with E-state index in [2.05, 4.69) is 31.0 Å².